The number of carbonyl (C=O) groups is 2. The molecule has 1 unspecified atom stereocenters. The molecule has 2 aliphatic rings. The van der Waals surface area contributed by atoms with E-state index in [2.05, 4.69) is 0 Å². The van der Waals surface area contributed by atoms with Gasteiger partial charge in [-0.15, -0.1) is 0 Å². The van der Waals surface area contributed by atoms with Crippen molar-refractivity contribution in [2.75, 3.05) is 18.0 Å². The Morgan fingerprint density at radius 2 is 1.62 bits per heavy atom. The van der Waals surface area contributed by atoms with E-state index in [0.717, 1.165) is 42.7 Å². The fraction of sp³-hybridized carbons (Fsp3) is 0.364. The summed E-state index contributed by atoms with van der Waals surface area (Å²) in [6.07, 6.45) is 4.57. The molecule has 0 aliphatic carbocycles. The lowest BCUT2D eigenvalue weighted by atomic mass is 10.00. The number of amides is 2. The van der Waals surface area contributed by atoms with E-state index < -0.39 is 0 Å². The molecule has 2 aromatic carbocycles. The summed E-state index contributed by atoms with van der Waals surface area (Å²) >= 11 is 0. The molecular weight excluding hydrogens is 324 g/mol. The lowest BCUT2D eigenvalue weighted by Crippen LogP contribution is -2.36. The van der Waals surface area contributed by atoms with E-state index in [9.17, 15) is 9.59 Å². The van der Waals surface area contributed by atoms with E-state index in [-0.39, 0.29) is 17.9 Å². The minimum absolute atomic E-state index is 0.0298. The van der Waals surface area contributed by atoms with Gasteiger partial charge in [-0.05, 0) is 49.4 Å². The molecule has 0 bridgehead atoms. The second-order valence-electron chi connectivity index (χ2n) is 7.09. The first-order valence-corrected chi connectivity index (χ1v) is 9.51. The standard InChI is InChI=1S/C22H24N2O2/c25-21(23-15-7-2-8-16-23)14-13-20-18-11-5-6-12-19(18)22(26)24(20)17-9-3-1-4-10-17/h1,3-6,9-12,20H,2,7-8,13-16H2. The van der Waals surface area contributed by atoms with Crippen molar-refractivity contribution in [3.63, 3.8) is 0 Å². The quantitative estimate of drug-likeness (QED) is 0.831. The third-order valence-corrected chi connectivity index (χ3v) is 5.46. The minimum atomic E-state index is -0.0742. The molecule has 0 N–H and O–H groups in total. The van der Waals surface area contributed by atoms with Crippen LogP contribution in [0.15, 0.2) is 54.6 Å². The van der Waals surface area contributed by atoms with Crippen LogP contribution in [0.5, 0.6) is 0 Å². The zero-order chi connectivity index (χ0) is 17.9. The van der Waals surface area contributed by atoms with Crippen LogP contribution in [-0.2, 0) is 4.79 Å². The predicted molar refractivity (Wildman–Crippen MR) is 102 cm³/mol. The highest BCUT2D eigenvalue weighted by Crippen LogP contribution is 2.40. The van der Waals surface area contributed by atoms with Gasteiger partial charge in [-0.3, -0.25) is 9.59 Å². The van der Waals surface area contributed by atoms with Gasteiger partial charge < -0.3 is 9.80 Å². The van der Waals surface area contributed by atoms with Crippen LogP contribution in [0.25, 0.3) is 0 Å². The van der Waals surface area contributed by atoms with E-state index in [4.69, 9.17) is 0 Å². The van der Waals surface area contributed by atoms with Crippen LogP contribution in [0.1, 0.15) is 54.1 Å². The van der Waals surface area contributed by atoms with Gasteiger partial charge in [-0.1, -0.05) is 36.4 Å². The summed E-state index contributed by atoms with van der Waals surface area (Å²) in [5.41, 5.74) is 2.68. The molecule has 0 aromatic heterocycles. The van der Waals surface area contributed by atoms with Crippen LogP contribution in [0.3, 0.4) is 0 Å². The predicted octanol–water partition coefficient (Wildman–Crippen LogP) is 4.18. The van der Waals surface area contributed by atoms with Gasteiger partial charge in [-0.2, -0.15) is 0 Å². The van der Waals surface area contributed by atoms with Crippen LogP contribution in [0, 0.1) is 0 Å². The molecular formula is C22H24N2O2. The number of hydrogen-bond acceptors (Lipinski definition) is 2. The zero-order valence-electron chi connectivity index (χ0n) is 14.9. The van der Waals surface area contributed by atoms with Gasteiger partial charge in [0.15, 0.2) is 0 Å². The fourth-order valence-electron chi connectivity index (χ4n) is 4.12. The Hall–Kier alpha value is -2.62. The van der Waals surface area contributed by atoms with Crippen LogP contribution in [-0.4, -0.2) is 29.8 Å². The average Bonchev–Trinajstić information content (AvgIpc) is 2.99. The van der Waals surface area contributed by atoms with Crippen LogP contribution in [0.2, 0.25) is 0 Å². The molecule has 2 amide bonds. The molecule has 1 fully saturated rings. The summed E-state index contributed by atoms with van der Waals surface area (Å²) < 4.78 is 0. The van der Waals surface area contributed by atoms with Gasteiger partial charge >= 0.3 is 0 Å². The van der Waals surface area contributed by atoms with Crippen molar-refractivity contribution < 1.29 is 9.59 Å². The summed E-state index contributed by atoms with van der Waals surface area (Å²) in [5, 5.41) is 0. The first kappa shape index (κ1) is 16.8. The molecule has 4 rings (SSSR count). The van der Waals surface area contributed by atoms with Crippen molar-refractivity contribution in [1.82, 2.24) is 4.90 Å². The highest BCUT2D eigenvalue weighted by molar-refractivity contribution is 6.11. The average molecular weight is 348 g/mol. The molecule has 0 radical (unpaired) electrons. The Labute approximate surface area is 154 Å². The molecule has 2 aromatic rings. The topological polar surface area (TPSA) is 40.6 Å². The Morgan fingerprint density at radius 3 is 2.38 bits per heavy atom. The number of carbonyl (C=O) groups excluding carboxylic acids is 2. The van der Waals surface area contributed by atoms with Crippen LogP contribution >= 0.6 is 0 Å². The normalized spacial score (nSPS) is 19.5. The van der Waals surface area contributed by atoms with Crippen molar-refractivity contribution in [3.05, 3.63) is 65.7 Å². The van der Waals surface area contributed by atoms with Crippen LogP contribution in [0.4, 0.5) is 5.69 Å². The molecule has 4 nitrogen and oxygen atoms in total. The van der Waals surface area contributed by atoms with Gasteiger partial charge in [0.05, 0.1) is 6.04 Å². The number of rotatable bonds is 4. The van der Waals surface area contributed by atoms with Gasteiger partial charge in [0.1, 0.15) is 0 Å². The van der Waals surface area contributed by atoms with E-state index in [1.165, 1.54) is 6.42 Å². The molecule has 0 saturated carbocycles. The summed E-state index contributed by atoms with van der Waals surface area (Å²) in [5.74, 6) is 0.247. The van der Waals surface area contributed by atoms with Gasteiger partial charge in [0, 0.05) is 30.8 Å². The second-order valence-corrected chi connectivity index (χ2v) is 7.09. The summed E-state index contributed by atoms with van der Waals surface area (Å²) in [6.45, 7) is 1.75. The number of hydrogen-bond donors (Lipinski definition) is 0. The summed E-state index contributed by atoms with van der Waals surface area (Å²) in [7, 11) is 0. The number of fused-ring (bicyclic) bond motifs is 1. The molecule has 1 atom stereocenters. The summed E-state index contributed by atoms with van der Waals surface area (Å²) in [4.78, 5) is 29.4. The Morgan fingerprint density at radius 1 is 0.923 bits per heavy atom. The number of para-hydroxylation sites is 1. The number of nitrogens with zero attached hydrogens (tertiary/aromatic N) is 2. The van der Waals surface area contributed by atoms with Gasteiger partial charge in [-0.25, -0.2) is 0 Å². The van der Waals surface area contributed by atoms with Gasteiger partial charge in [0.2, 0.25) is 5.91 Å². The molecule has 1 saturated heterocycles. The van der Waals surface area contributed by atoms with Gasteiger partial charge in [0.25, 0.3) is 5.91 Å². The number of benzene rings is 2. The van der Waals surface area contributed by atoms with Crippen molar-refractivity contribution in [2.45, 2.75) is 38.1 Å². The number of anilines is 1. The van der Waals surface area contributed by atoms with Crippen molar-refractivity contribution in [3.8, 4) is 0 Å². The Kier molecular flexibility index (Phi) is 4.74. The molecule has 2 heterocycles. The van der Waals surface area contributed by atoms with Crippen molar-refractivity contribution in [1.29, 1.82) is 0 Å². The SMILES string of the molecule is O=C(CCC1c2ccccc2C(=O)N1c1ccccc1)N1CCCCC1. The molecule has 134 valence electrons. The Balaban J connectivity index is 1.56. The molecule has 26 heavy (non-hydrogen) atoms. The largest absolute Gasteiger partial charge is 0.343 e. The lowest BCUT2D eigenvalue weighted by Gasteiger charge is -2.29. The second kappa shape index (κ2) is 7.32. The maximum absolute atomic E-state index is 13.0. The fourth-order valence-corrected chi connectivity index (χ4v) is 4.12. The zero-order valence-corrected chi connectivity index (χ0v) is 14.9. The Bertz CT molecular complexity index is 797. The van der Waals surface area contributed by atoms with Crippen molar-refractivity contribution >= 4 is 17.5 Å². The monoisotopic (exact) mass is 348 g/mol. The molecule has 0 spiro atoms. The number of likely N-dealkylation sites (tertiary alicyclic amines) is 1. The molecule has 4 heteroatoms. The first-order valence-electron chi connectivity index (χ1n) is 9.51. The maximum atomic E-state index is 13.0. The van der Waals surface area contributed by atoms with Crippen LogP contribution < -0.4 is 4.90 Å². The first-order chi connectivity index (χ1) is 12.8. The number of piperidine rings is 1. The van der Waals surface area contributed by atoms with E-state index in [1.807, 2.05) is 64.4 Å². The maximum Gasteiger partial charge on any atom is 0.259 e. The highest BCUT2D eigenvalue weighted by Gasteiger charge is 2.37. The van der Waals surface area contributed by atoms with E-state index >= 15 is 0 Å². The summed E-state index contributed by atoms with van der Waals surface area (Å²) in [6, 6.07) is 17.5. The highest BCUT2D eigenvalue weighted by atomic mass is 16.2. The molecule has 2 aliphatic heterocycles. The lowest BCUT2D eigenvalue weighted by molar-refractivity contribution is -0.132. The third-order valence-electron chi connectivity index (χ3n) is 5.46. The smallest absolute Gasteiger partial charge is 0.259 e. The van der Waals surface area contributed by atoms with E-state index in [1.54, 1.807) is 0 Å². The van der Waals surface area contributed by atoms with Crippen molar-refractivity contribution in [2.24, 2.45) is 0 Å². The minimum Gasteiger partial charge on any atom is -0.343 e. The third kappa shape index (κ3) is 3.12. The van der Waals surface area contributed by atoms with E-state index in [0.29, 0.717) is 12.8 Å².